The Morgan fingerprint density at radius 1 is 1.26 bits per heavy atom. The second-order valence-corrected chi connectivity index (χ2v) is 4.92. The molecule has 1 heterocycles. The average Bonchev–Trinajstić information content (AvgIpc) is 2.45. The fraction of sp³-hybridized carbons (Fsp3) is 0.214. The Balaban J connectivity index is 2.22. The Hall–Kier alpha value is -2.35. The van der Waals surface area contributed by atoms with E-state index in [2.05, 4.69) is 20.0 Å². The van der Waals surface area contributed by atoms with Crippen LogP contribution in [0.25, 0.3) is 0 Å². The van der Waals surface area contributed by atoms with Gasteiger partial charge in [-0.25, -0.2) is 4.98 Å². The van der Waals surface area contributed by atoms with Crippen LogP contribution in [0.3, 0.4) is 0 Å². The van der Waals surface area contributed by atoms with Crippen LogP contribution >= 0.6 is 11.6 Å². The van der Waals surface area contributed by atoms with Crippen LogP contribution < -0.4 is 10.1 Å². The number of alkyl halides is 3. The number of carbonyl (C=O) groups is 1. The summed E-state index contributed by atoms with van der Waals surface area (Å²) in [6.45, 7) is 1.24. The Kier molecular flexibility index (Phi) is 5.05. The number of esters is 1. The number of nitrogens with zero attached hydrogens (tertiary/aromatic N) is 2. The molecule has 122 valence electrons. The van der Waals surface area contributed by atoms with E-state index in [4.69, 9.17) is 11.6 Å². The largest absolute Gasteiger partial charge is 0.433 e. The van der Waals surface area contributed by atoms with Crippen molar-refractivity contribution < 1.29 is 22.7 Å². The summed E-state index contributed by atoms with van der Waals surface area (Å²) in [4.78, 5) is 18.0. The lowest BCUT2D eigenvalue weighted by molar-refractivity contribution is -0.142. The molecule has 0 aliphatic heterocycles. The number of rotatable bonds is 4. The predicted molar refractivity (Wildman–Crippen MR) is 77.1 cm³/mol. The summed E-state index contributed by atoms with van der Waals surface area (Å²) < 4.78 is 43.1. The van der Waals surface area contributed by atoms with Crippen molar-refractivity contribution in [1.82, 2.24) is 9.97 Å². The normalized spacial score (nSPS) is 11.2. The number of nitrogens with one attached hydrogen (secondary N) is 1. The number of anilines is 1. The van der Waals surface area contributed by atoms with Crippen LogP contribution in [0.2, 0.25) is 5.02 Å². The van der Waals surface area contributed by atoms with Crippen LogP contribution in [0.4, 0.5) is 19.1 Å². The molecule has 0 saturated carbocycles. The molecule has 0 spiro atoms. The average molecular weight is 346 g/mol. The molecule has 5 nitrogen and oxygen atoms in total. The van der Waals surface area contributed by atoms with Crippen molar-refractivity contribution in [2.45, 2.75) is 19.6 Å². The van der Waals surface area contributed by atoms with E-state index in [1.807, 2.05) is 0 Å². The van der Waals surface area contributed by atoms with Crippen molar-refractivity contribution in [2.75, 3.05) is 5.32 Å². The highest BCUT2D eigenvalue weighted by molar-refractivity contribution is 6.30. The van der Waals surface area contributed by atoms with E-state index in [1.54, 1.807) is 24.3 Å². The second kappa shape index (κ2) is 6.82. The number of halogens is 4. The quantitative estimate of drug-likeness (QED) is 0.856. The summed E-state index contributed by atoms with van der Waals surface area (Å²) in [5.41, 5.74) is -0.438. The van der Waals surface area contributed by atoms with Crippen LogP contribution in [0, 0.1) is 0 Å². The lowest BCUT2D eigenvalue weighted by Gasteiger charge is -2.11. The van der Waals surface area contributed by atoms with E-state index < -0.39 is 23.7 Å². The number of aromatic nitrogens is 2. The Morgan fingerprint density at radius 2 is 1.91 bits per heavy atom. The van der Waals surface area contributed by atoms with Crippen LogP contribution in [-0.4, -0.2) is 15.9 Å². The van der Waals surface area contributed by atoms with Gasteiger partial charge in [-0.3, -0.25) is 4.79 Å². The maximum Gasteiger partial charge on any atom is 0.433 e. The molecular formula is C14H11ClF3N3O2. The molecule has 9 heteroatoms. The first kappa shape index (κ1) is 17.0. The van der Waals surface area contributed by atoms with Gasteiger partial charge < -0.3 is 10.1 Å². The van der Waals surface area contributed by atoms with Gasteiger partial charge in [-0.2, -0.15) is 18.2 Å². The molecule has 1 aromatic carbocycles. The first-order valence-electron chi connectivity index (χ1n) is 6.37. The third-order valence-corrected chi connectivity index (χ3v) is 2.86. The first-order valence-corrected chi connectivity index (χ1v) is 6.75. The van der Waals surface area contributed by atoms with Crippen molar-refractivity contribution in [1.29, 1.82) is 0 Å². The van der Waals surface area contributed by atoms with Gasteiger partial charge in [0.1, 0.15) is 0 Å². The molecule has 0 amide bonds. The van der Waals surface area contributed by atoms with Crippen molar-refractivity contribution in [3.63, 3.8) is 0 Å². The molecular weight excluding hydrogens is 335 g/mol. The minimum atomic E-state index is -4.69. The van der Waals surface area contributed by atoms with Gasteiger partial charge in [0, 0.05) is 24.6 Å². The summed E-state index contributed by atoms with van der Waals surface area (Å²) in [6, 6.07) is 7.27. The van der Waals surface area contributed by atoms with Crippen LogP contribution in [0.5, 0.6) is 5.88 Å². The van der Waals surface area contributed by atoms with Gasteiger partial charge in [0.2, 0.25) is 11.8 Å². The molecule has 1 aromatic heterocycles. The van der Waals surface area contributed by atoms with E-state index in [0.29, 0.717) is 11.1 Å². The first-order chi connectivity index (χ1) is 10.7. The minimum Gasteiger partial charge on any atom is -0.407 e. The van der Waals surface area contributed by atoms with Crippen molar-refractivity contribution in [2.24, 2.45) is 0 Å². The van der Waals surface area contributed by atoms with Crippen LogP contribution in [0.1, 0.15) is 18.2 Å². The summed E-state index contributed by atoms with van der Waals surface area (Å²) in [5.74, 6) is -1.55. The van der Waals surface area contributed by atoms with E-state index in [9.17, 15) is 18.0 Å². The molecule has 0 aliphatic carbocycles. The Bertz CT molecular complexity index is 705. The van der Waals surface area contributed by atoms with Gasteiger partial charge in [0.25, 0.3) is 0 Å². The highest BCUT2D eigenvalue weighted by atomic mass is 35.5. The zero-order valence-electron chi connectivity index (χ0n) is 11.8. The van der Waals surface area contributed by atoms with E-state index in [-0.39, 0.29) is 12.5 Å². The van der Waals surface area contributed by atoms with Gasteiger partial charge in [-0.15, -0.1) is 0 Å². The van der Waals surface area contributed by atoms with Crippen LogP contribution in [-0.2, 0) is 17.5 Å². The van der Waals surface area contributed by atoms with Crippen molar-refractivity contribution in [3.05, 3.63) is 46.6 Å². The lowest BCUT2D eigenvalue weighted by atomic mass is 10.2. The lowest BCUT2D eigenvalue weighted by Crippen LogP contribution is -2.14. The van der Waals surface area contributed by atoms with E-state index >= 15 is 0 Å². The number of hydrogen-bond acceptors (Lipinski definition) is 5. The minimum absolute atomic E-state index is 0.179. The maximum atomic E-state index is 12.8. The number of benzene rings is 1. The van der Waals surface area contributed by atoms with Crippen molar-refractivity contribution >= 4 is 23.5 Å². The SMILES string of the molecule is CC(=O)Oc1cc(C(F)(F)F)nc(NCc2ccc(Cl)cc2)n1. The monoisotopic (exact) mass is 345 g/mol. The predicted octanol–water partition coefficient (Wildman–Crippen LogP) is 3.69. The summed E-state index contributed by atoms with van der Waals surface area (Å²) in [6.07, 6.45) is -4.69. The van der Waals surface area contributed by atoms with Gasteiger partial charge in [0.05, 0.1) is 0 Å². The Morgan fingerprint density at radius 3 is 2.48 bits per heavy atom. The third kappa shape index (κ3) is 5.10. The molecule has 0 atom stereocenters. The van der Waals surface area contributed by atoms with Gasteiger partial charge >= 0.3 is 12.1 Å². The second-order valence-electron chi connectivity index (χ2n) is 4.49. The standard InChI is InChI=1S/C14H11ClF3N3O2/c1-8(22)23-12-6-11(14(16,17)18)20-13(21-12)19-7-9-2-4-10(15)5-3-9/h2-6H,7H2,1H3,(H,19,20,21). The summed E-state index contributed by atoms with van der Waals surface area (Å²) in [5, 5.41) is 3.19. The molecule has 2 aromatic rings. The fourth-order valence-corrected chi connectivity index (χ4v) is 1.76. The van der Waals surface area contributed by atoms with Gasteiger partial charge in [-0.05, 0) is 17.7 Å². The highest BCUT2D eigenvalue weighted by Crippen LogP contribution is 2.30. The molecule has 0 radical (unpaired) electrons. The smallest absolute Gasteiger partial charge is 0.407 e. The number of carbonyl (C=O) groups excluding carboxylic acids is 1. The molecule has 2 rings (SSSR count). The van der Waals surface area contributed by atoms with E-state index in [1.165, 1.54) is 0 Å². The molecule has 0 aliphatic rings. The molecule has 1 N–H and O–H groups in total. The third-order valence-electron chi connectivity index (χ3n) is 2.61. The highest BCUT2D eigenvalue weighted by Gasteiger charge is 2.34. The summed E-state index contributed by atoms with van der Waals surface area (Å²) in [7, 11) is 0. The summed E-state index contributed by atoms with van der Waals surface area (Å²) >= 11 is 5.75. The molecule has 23 heavy (non-hydrogen) atoms. The maximum absolute atomic E-state index is 12.8. The van der Waals surface area contributed by atoms with Crippen LogP contribution in [0.15, 0.2) is 30.3 Å². The topological polar surface area (TPSA) is 64.1 Å². The number of hydrogen-bond donors (Lipinski definition) is 1. The van der Waals surface area contributed by atoms with Gasteiger partial charge in [-0.1, -0.05) is 23.7 Å². The Labute approximate surface area is 134 Å². The zero-order valence-corrected chi connectivity index (χ0v) is 12.6. The van der Waals surface area contributed by atoms with Crippen molar-refractivity contribution in [3.8, 4) is 5.88 Å². The zero-order chi connectivity index (χ0) is 17.0. The molecule has 0 bridgehead atoms. The van der Waals surface area contributed by atoms with Gasteiger partial charge in [0.15, 0.2) is 5.69 Å². The molecule has 0 fully saturated rings. The fourth-order valence-electron chi connectivity index (χ4n) is 1.63. The molecule has 0 saturated heterocycles. The number of ether oxygens (including phenoxy) is 1. The van der Waals surface area contributed by atoms with E-state index in [0.717, 1.165) is 12.5 Å². The molecule has 0 unspecified atom stereocenters.